The Balaban J connectivity index is 2.95. The lowest BCUT2D eigenvalue weighted by Gasteiger charge is -2.08. The quantitative estimate of drug-likeness (QED) is 0.759. The Labute approximate surface area is 77.9 Å². The molecule has 0 amide bonds. The summed E-state index contributed by atoms with van der Waals surface area (Å²) in [6, 6.07) is 5.43. The van der Waals surface area contributed by atoms with Crippen LogP contribution in [0.4, 0.5) is 0 Å². The maximum Gasteiger partial charge on any atom is 0.122 e. The largest absolute Gasteiger partial charge is 0.497 e. The molecule has 0 heterocycles. The number of ether oxygens (including phenoxy) is 2. The van der Waals surface area contributed by atoms with Crippen molar-refractivity contribution in [1.82, 2.24) is 0 Å². The Morgan fingerprint density at radius 2 is 2.08 bits per heavy atom. The highest BCUT2D eigenvalue weighted by atomic mass is 16.5. The van der Waals surface area contributed by atoms with E-state index in [9.17, 15) is 0 Å². The van der Waals surface area contributed by atoms with Crippen molar-refractivity contribution in [2.45, 2.75) is 0 Å². The molecule has 0 saturated carbocycles. The van der Waals surface area contributed by atoms with Crippen molar-refractivity contribution in [2.24, 2.45) is 0 Å². The predicted molar refractivity (Wildman–Crippen MR) is 50.0 cm³/mol. The van der Waals surface area contributed by atoms with E-state index >= 15 is 0 Å². The third kappa shape index (κ3) is 2.36. The number of rotatable bonds is 4. The summed E-state index contributed by atoms with van der Waals surface area (Å²) < 4.78 is 10.1. The molecule has 0 saturated heterocycles. The summed E-state index contributed by atoms with van der Waals surface area (Å²) in [5, 5.41) is 8.75. The van der Waals surface area contributed by atoms with E-state index in [2.05, 4.69) is 0 Å². The smallest absolute Gasteiger partial charge is 0.122 e. The molecule has 1 radical (unpaired) electrons. The highest BCUT2D eigenvalue weighted by Crippen LogP contribution is 2.24. The summed E-state index contributed by atoms with van der Waals surface area (Å²) in [5.74, 6) is 1.48. The van der Waals surface area contributed by atoms with Gasteiger partial charge in [-0.05, 0) is 18.2 Å². The summed E-state index contributed by atoms with van der Waals surface area (Å²) in [7, 11) is 3.20. The van der Waals surface area contributed by atoms with Crippen molar-refractivity contribution >= 4 is 0 Å². The highest BCUT2D eigenvalue weighted by molar-refractivity contribution is 5.44. The number of hydrogen-bond acceptors (Lipinski definition) is 3. The molecule has 0 aromatic heterocycles. The lowest BCUT2D eigenvalue weighted by molar-refractivity contribution is 0.329. The second kappa shape index (κ2) is 4.72. The van der Waals surface area contributed by atoms with Crippen LogP contribution < -0.4 is 9.47 Å². The number of aliphatic hydroxyl groups excluding tert-OH is 1. The zero-order chi connectivity index (χ0) is 9.68. The first-order valence-corrected chi connectivity index (χ1v) is 3.98. The molecule has 0 spiro atoms. The summed E-state index contributed by atoms with van der Waals surface area (Å²) in [4.78, 5) is 0. The van der Waals surface area contributed by atoms with Gasteiger partial charge >= 0.3 is 0 Å². The lowest BCUT2D eigenvalue weighted by Crippen LogP contribution is -1.94. The zero-order valence-corrected chi connectivity index (χ0v) is 7.78. The van der Waals surface area contributed by atoms with Crippen LogP contribution in [0.15, 0.2) is 18.2 Å². The van der Waals surface area contributed by atoms with Gasteiger partial charge in [0.05, 0.1) is 20.8 Å². The van der Waals surface area contributed by atoms with Crippen molar-refractivity contribution in [3.8, 4) is 11.5 Å². The molecule has 1 rings (SSSR count). The maximum atomic E-state index is 8.75. The van der Waals surface area contributed by atoms with Gasteiger partial charge in [-0.1, -0.05) is 0 Å². The van der Waals surface area contributed by atoms with E-state index in [4.69, 9.17) is 14.6 Å². The summed E-state index contributed by atoms with van der Waals surface area (Å²) in [5.41, 5.74) is 0.837. The number of methoxy groups -OCH3 is 2. The van der Waals surface area contributed by atoms with E-state index in [1.54, 1.807) is 26.7 Å². The molecule has 0 aliphatic carbocycles. The number of aliphatic hydroxyl groups is 1. The van der Waals surface area contributed by atoms with Crippen molar-refractivity contribution in [3.63, 3.8) is 0 Å². The minimum atomic E-state index is -0.0104. The van der Waals surface area contributed by atoms with Crippen molar-refractivity contribution in [1.29, 1.82) is 0 Å². The van der Waals surface area contributed by atoms with Gasteiger partial charge in [0.25, 0.3) is 0 Å². The van der Waals surface area contributed by atoms with Crippen molar-refractivity contribution in [3.05, 3.63) is 30.2 Å². The Morgan fingerprint density at radius 3 is 2.62 bits per heavy atom. The Bertz CT molecular complexity index is 271. The van der Waals surface area contributed by atoms with Gasteiger partial charge in [0.15, 0.2) is 0 Å². The minimum Gasteiger partial charge on any atom is -0.497 e. The van der Waals surface area contributed by atoms with E-state index < -0.39 is 0 Å². The van der Waals surface area contributed by atoms with Gasteiger partial charge < -0.3 is 14.6 Å². The van der Waals surface area contributed by atoms with Crippen LogP contribution in [0.5, 0.6) is 11.5 Å². The minimum absolute atomic E-state index is 0.0104. The Hall–Kier alpha value is -1.22. The zero-order valence-electron chi connectivity index (χ0n) is 7.78. The van der Waals surface area contributed by atoms with E-state index in [0.29, 0.717) is 0 Å². The van der Waals surface area contributed by atoms with Crippen LogP contribution in [0, 0.1) is 6.42 Å². The normalized spacial score (nSPS) is 9.77. The number of benzene rings is 1. The summed E-state index contributed by atoms with van der Waals surface area (Å²) in [6.07, 6.45) is 1.67. The van der Waals surface area contributed by atoms with Crippen LogP contribution in [0.3, 0.4) is 0 Å². The molecule has 0 fully saturated rings. The molecule has 3 nitrogen and oxygen atoms in total. The third-order valence-electron chi connectivity index (χ3n) is 1.75. The van der Waals surface area contributed by atoms with Gasteiger partial charge in [0.2, 0.25) is 0 Å². The fourth-order valence-corrected chi connectivity index (χ4v) is 1.10. The molecule has 1 aromatic carbocycles. The second-order valence-corrected chi connectivity index (χ2v) is 2.49. The molecular formula is C10H13O3. The van der Waals surface area contributed by atoms with Crippen molar-refractivity contribution < 1.29 is 14.6 Å². The SMILES string of the molecule is COc1ccc(OC)c([CH]CO)c1. The monoisotopic (exact) mass is 181 g/mol. The molecule has 0 aliphatic rings. The number of hydrogen-bond donors (Lipinski definition) is 1. The van der Waals surface area contributed by atoms with Crippen LogP contribution >= 0.6 is 0 Å². The van der Waals surface area contributed by atoms with E-state index in [1.807, 2.05) is 12.1 Å². The van der Waals surface area contributed by atoms with Gasteiger partial charge in [0.1, 0.15) is 11.5 Å². The molecule has 1 aromatic rings. The average molecular weight is 181 g/mol. The second-order valence-electron chi connectivity index (χ2n) is 2.49. The topological polar surface area (TPSA) is 38.7 Å². The molecule has 1 N–H and O–H groups in total. The summed E-state index contributed by atoms with van der Waals surface area (Å²) >= 11 is 0. The molecule has 0 bridgehead atoms. The fourth-order valence-electron chi connectivity index (χ4n) is 1.10. The Morgan fingerprint density at radius 1 is 1.31 bits per heavy atom. The molecular weight excluding hydrogens is 168 g/mol. The lowest BCUT2D eigenvalue weighted by atomic mass is 10.1. The molecule has 0 atom stereocenters. The first kappa shape index (κ1) is 9.86. The molecule has 3 heteroatoms. The first-order valence-electron chi connectivity index (χ1n) is 3.98. The first-order chi connectivity index (χ1) is 6.31. The molecule has 0 unspecified atom stereocenters. The third-order valence-corrected chi connectivity index (χ3v) is 1.75. The molecule has 13 heavy (non-hydrogen) atoms. The van der Waals surface area contributed by atoms with Crippen LogP contribution in [0.1, 0.15) is 5.56 Å². The van der Waals surface area contributed by atoms with Crippen LogP contribution in [0.2, 0.25) is 0 Å². The van der Waals surface area contributed by atoms with Crippen LogP contribution in [0.25, 0.3) is 0 Å². The van der Waals surface area contributed by atoms with Gasteiger partial charge in [-0.2, -0.15) is 0 Å². The maximum absolute atomic E-state index is 8.75. The van der Waals surface area contributed by atoms with Crippen LogP contribution in [-0.4, -0.2) is 25.9 Å². The van der Waals surface area contributed by atoms with Gasteiger partial charge in [-0.3, -0.25) is 0 Å². The highest BCUT2D eigenvalue weighted by Gasteiger charge is 2.03. The van der Waals surface area contributed by atoms with Gasteiger partial charge in [0, 0.05) is 12.0 Å². The fraction of sp³-hybridized carbons (Fsp3) is 0.300. The van der Waals surface area contributed by atoms with E-state index in [0.717, 1.165) is 17.1 Å². The van der Waals surface area contributed by atoms with Crippen molar-refractivity contribution in [2.75, 3.05) is 20.8 Å². The molecule has 0 aliphatic heterocycles. The van der Waals surface area contributed by atoms with E-state index in [-0.39, 0.29) is 6.61 Å². The Kier molecular flexibility index (Phi) is 3.58. The van der Waals surface area contributed by atoms with Gasteiger partial charge in [-0.15, -0.1) is 0 Å². The predicted octanol–water partition coefficient (Wildman–Crippen LogP) is 1.25. The van der Waals surface area contributed by atoms with Crippen LogP contribution in [-0.2, 0) is 0 Å². The summed E-state index contributed by atoms with van der Waals surface area (Å²) in [6.45, 7) is -0.0104. The average Bonchev–Trinajstić information content (AvgIpc) is 2.18. The van der Waals surface area contributed by atoms with E-state index in [1.165, 1.54) is 0 Å². The molecule has 71 valence electrons. The standard InChI is InChI=1S/C10H13O3/c1-12-9-3-4-10(13-2)8(7-9)5-6-11/h3-5,7,11H,6H2,1-2H3. The van der Waals surface area contributed by atoms with Gasteiger partial charge in [-0.25, -0.2) is 0 Å².